The quantitative estimate of drug-likeness (QED) is 0.732. The molecule has 0 unspecified atom stereocenters. The van der Waals surface area contributed by atoms with Crippen LogP contribution in [0, 0.1) is 5.92 Å². The minimum atomic E-state index is -0.533. The highest BCUT2D eigenvalue weighted by atomic mass is 16.7. The third-order valence-electron chi connectivity index (χ3n) is 2.43. The Bertz CT molecular complexity index is 314. The van der Waals surface area contributed by atoms with E-state index in [2.05, 4.69) is 26.0 Å². The second-order valence-electron chi connectivity index (χ2n) is 4.41. The molecule has 0 bridgehead atoms. The number of fused-ring (bicyclic) bond motifs is 1. The maximum absolute atomic E-state index is 5.54. The van der Waals surface area contributed by atoms with Gasteiger partial charge in [0.05, 0.1) is 13.2 Å². The van der Waals surface area contributed by atoms with Crippen molar-refractivity contribution in [2.24, 2.45) is 5.92 Å². The lowest BCUT2D eigenvalue weighted by Gasteiger charge is -2.12. The molecule has 2 rings (SSSR count). The lowest BCUT2D eigenvalue weighted by Crippen LogP contribution is -2.26. The Morgan fingerprint density at radius 2 is 1.75 bits per heavy atom. The van der Waals surface area contributed by atoms with E-state index in [4.69, 9.17) is 14.0 Å². The lowest BCUT2D eigenvalue weighted by molar-refractivity contribution is 0.0825. The van der Waals surface area contributed by atoms with Gasteiger partial charge in [-0.1, -0.05) is 38.1 Å². The van der Waals surface area contributed by atoms with Crippen molar-refractivity contribution in [3.63, 3.8) is 0 Å². The fraction of sp³-hybridized carbons (Fsp3) is 0.500. The molecular formula is C12H17BO3. The molecule has 0 radical (unpaired) electrons. The van der Waals surface area contributed by atoms with E-state index in [1.54, 1.807) is 0 Å². The number of hydrogen-bond donors (Lipinski definition) is 0. The Morgan fingerprint density at radius 3 is 2.25 bits per heavy atom. The van der Waals surface area contributed by atoms with Crippen molar-refractivity contribution in [3.05, 3.63) is 35.4 Å². The summed E-state index contributed by atoms with van der Waals surface area (Å²) in [5, 5.41) is 0. The van der Waals surface area contributed by atoms with Gasteiger partial charge in [-0.25, -0.2) is 0 Å². The van der Waals surface area contributed by atoms with Gasteiger partial charge in [-0.2, -0.15) is 0 Å². The molecule has 1 aliphatic heterocycles. The van der Waals surface area contributed by atoms with Crippen LogP contribution in [0.3, 0.4) is 0 Å². The van der Waals surface area contributed by atoms with E-state index in [9.17, 15) is 0 Å². The summed E-state index contributed by atoms with van der Waals surface area (Å²) >= 11 is 0. The average Bonchev–Trinajstić information content (AvgIpc) is 2.49. The first kappa shape index (κ1) is 11.6. The third-order valence-corrected chi connectivity index (χ3v) is 2.43. The number of hydrogen-bond acceptors (Lipinski definition) is 3. The second-order valence-corrected chi connectivity index (χ2v) is 4.41. The molecule has 0 fully saturated rings. The summed E-state index contributed by atoms with van der Waals surface area (Å²) in [5.41, 5.74) is 2.36. The maximum atomic E-state index is 5.54. The molecule has 1 heterocycles. The highest BCUT2D eigenvalue weighted by molar-refractivity contribution is 6.36. The van der Waals surface area contributed by atoms with Crippen LogP contribution in [0.15, 0.2) is 24.3 Å². The summed E-state index contributed by atoms with van der Waals surface area (Å²) in [6.07, 6.45) is 0. The number of benzene rings is 1. The lowest BCUT2D eigenvalue weighted by atomic mass is 10.1. The van der Waals surface area contributed by atoms with Crippen molar-refractivity contribution in [1.82, 2.24) is 0 Å². The van der Waals surface area contributed by atoms with Gasteiger partial charge < -0.3 is 14.0 Å². The van der Waals surface area contributed by atoms with Crippen molar-refractivity contribution in [3.8, 4) is 0 Å². The van der Waals surface area contributed by atoms with Crippen LogP contribution in [0.1, 0.15) is 25.0 Å². The smallest absolute Gasteiger partial charge is 0.386 e. The van der Waals surface area contributed by atoms with Gasteiger partial charge in [0, 0.05) is 6.61 Å². The zero-order chi connectivity index (χ0) is 11.4. The van der Waals surface area contributed by atoms with Crippen LogP contribution < -0.4 is 0 Å². The van der Waals surface area contributed by atoms with Crippen LogP contribution in [-0.4, -0.2) is 13.9 Å². The van der Waals surface area contributed by atoms with Crippen molar-refractivity contribution in [1.29, 1.82) is 0 Å². The Morgan fingerprint density at radius 1 is 1.19 bits per heavy atom. The van der Waals surface area contributed by atoms with E-state index in [0.717, 1.165) is 0 Å². The molecule has 0 amide bonds. The van der Waals surface area contributed by atoms with Crippen molar-refractivity contribution < 1.29 is 14.0 Å². The van der Waals surface area contributed by atoms with Crippen molar-refractivity contribution >= 4 is 7.32 Å². The zero-order valence-electron chi connectivity index (χ0n) is 9.81. The Hall–Kier alpha value is -0.835. The van der Waals surface area contributed by atoms with Crippen LogP contribution in [0.5, 0.6) is 0 Å². The fourth-order valence-electron chi connectivity index (χ4n) is 1.57. The molecule has 0 N–H and O–H groups in total. The zero-order valence-corrected chi connectivity index (χ0v) is 9.81. The van der Waals surface area contributed by atoms with E-state index in [0.29, 0.717) is 25.7 Å². The van der Waals surface area contributed by atoms with Gasteiger partial charge in [0.2, 0.25) is 0 Å². The molecule has 4 heteroatoms. The Balaban J connectivity index is 1.92. The standard InChI is InChI=1S/C12H17BO3/c1-10(2)7-14-13-15-8-11-5-3-4-6-12(11)9-16-13/h3-6,10H,7-9H2,1-2H3. The highest BCUT2D eigenvalue weighted by Gasteiger charge is 2.25. The van der Waals surface area contributed by atoms with E-state index < -0.39 is 7.32 Å². The SMILES string of the molecule is CC(C)COB1OCc2ccccc2CO1. The molecule has 16 heavy (non-hydrogen) atoms. The Labute approximate surface area is 96.9 Å². The summed E-state index contributed by atoms with van der Waals surface area (Å²) in [4.78, 5) is 0. The predicted molar refractivity (Wildman–Crippen MR) is 62.6 cm³/mol. The van der Waals surface area contributed by atoms with Crippen molar-refractivity contribution in [2.75, 3.05) is 6.61 Å². The fourth-order valence-corrected chi connectivity index (χ4v) is 1.57. The van der Waals surface area contributed by atoms with Crippen molar-refractivity contribution in [2.45, 2.75) is 27.1 Å². The van der Waals surface area contributed by atoms with Gasteiger partial charge in [0.1, 0.15) is 0 Å². The molecule has 0 saturated carbocycles. The minimum absolute atomic E-state index is 0.484. The molecular weight excluding hydrogens is 203 g/mol. The molecule has 0 aliphatic carbocycles. The molecule has 0 spiro atoms. The minimum Gasteiger partial charge on any atom is -0.386 e. The molecule has 1 aromatic carbocycles. The first-order valence-electron chi connectivity index (χ1n) is 5.67. The van der Waals surface area contributed by atoms with E-state index >= 15 is 0 Å². The van der Waals surface area contributed by atoms with Gasteiger partial charge >= 0.3 is 7.32 Å². The van der Waals surface area contributed by atoms with Gasteiger partial charge in [0.25, 0.3) is 0 Å². The van der Waals surface area contributed by atoms with Crippen LogP contribution in [-0.2, 0) is 27.2 Å². The topological polar surface area (TPSA) is 27.7 Å². The first-order chi connectivity index (χ1) is 7.75. The normalized spacial score (nSPS) is 16.1. The van der Waals surface area contributed by atoms with Crippen LogP contribution in [0.2, 0.25) is 0 Å². The monoisotopic (exact) mass is 220 g/mol. The average molecular weight is 220 g/mol. The second kappa shape index (κ2) is 5.48. The van der Waals surface area contributed by atoms with Gasteiger partial charge in [-0.05, 0) is 17.0 Å². The summed E-state index contributed by atoms with van der Waals surface area (Å²) in [6.45, 7) is 5.97. The van der Waals surface area contributed by atoms with Gasteiger partial charge in [0.15, 0.2) is 0 Å². The summed E-state index contributed by atoms with van der Waals surface area (Å²) < 4.78 is 16.6. The first-order valence-corrected chi connectivity index (χ1v) is 5.67. The largest absolute Gasteiger partial charge is 0.639 e. The highest BCUT2D eigenvalue weighted by Crippen LogP contribution is 2.17. The molecule has 1 aliphatic rings. The number of rotatable bonds is 3. The molecule has 86 valence electrons. The third kappa shape index (κ3) is 3.08. The van der Waals surface area contributed by atoms with Gasteiger partial charge in [-0.3, -0.25) is 0 Å². The van der Waals surface area contributed by atoms with E-state index in [1.807, 2.05) is 12.1 Å². The summed E-state index contributed by atoms with van der Waals surface area (Å²) in [7, 11) is -0.533. The molecule has 3 nitrogen and oxygen atoms in total. The van der Waals surface area contributed by atoms with E-state index in [-0.39, 0.29) is 0 Å². The van der Waals surface area contributed by atoms with Crippen LogP contribution in [0.4, 0.5) is 0 Å². The molecule has 0 saturated heterocycles. The predicted octanol–water partition coefficient (Wildman–Crippen LogP) is 2.39. The summed E-state index contributed by atoms with van der Waals surface area (Å²) in [5.74, 6) is 0.484. The molecule has 0 atom stereocenters. The molecule has 0 aromatic heterocycles. The maximum Gasteiger partial charge on any atom is 0.639 e. The van der Waals surface area contributed by atoms with Crippen LogP contribution >= 0.6 is 0 Å². The summed E-state index contributed by atoms with van der Waals surface area (Å²) in [6, 6.07) is 8.14. The van der Waals surface area contributed by atoms with E-state index in [1.165, 1.54) is 11.1 Å². The Kier molecular flexibility index (Phi) is 3.99. The molecule has 1 aromatic rings. The van der Waals surface area contributed by atoms with Gasteiger partial charge in [-0.15, -0.1) is 0 Å². The van der Waals surface area contributed by atoms with Crippen LogP contribution in [0.25, 0.3) is 0 Å².